The minimum absolute atomic E-state index is 0.0795. The lowest BCUT2D eigenvalue weighted by Gasteiger charge is -2.32. The van der Waals surface area contributed by atoms with E-state index in [-0.39, 0.29) is 44.9 Å². The molecule has 4 amide bonds. The second-order valence-electron chi connectivity index (χ2n) is 22.2. The average Bonchev–Trinajstić information content (AvgIpc) is 4.31. The highest BCUT2D eigenvalue weighted by atomic mass is 35.5. The predicted octanol–water partition coefficient (Wildman–Crippen LogP) is 4.96. The number of rotatable bonds is 14. The molecule has 0 spiro atoms. The van der Waals surface area contributed by atoms with Crippen LogP contribution in [0.3, 0.4) is 0 Å². The molecule has 10 rings (SSSR count). The molecule has 0 unspecified atom stereocenters. The number of fused-ring (bicyclic) bond motifs is 2. The number of amides is 4. The van der Waals surface area contributed by atoms with Gasteiger partial charge in [0.2, 0.25) is 11.8 Å². The molecule has 6 saturated heterocycles. The van der Waals surface area contributed by atoms with Gasteiger partial charge in [-0.3, -0.25) is 24.0 Å². The van der Waals surface area contributed by atoms with Gasteiger partial charge in [-0.15, -0.1) is 45.9 Å². The van der Waals surface area contributed by atoms with Crippen LogP contribution < -0.4 is 20.4 Å². The van der Waals surface area contributed by atoms with Crippen molar-refractivity contribution in [3.05, 3.63) is 70.4 Å². The monoisotopic (exact) mass is 1160 g/mol. The van der Waals surface area contributed by atoms with E-state index >= 15 is 0 Å². The van der Waals surface area contributed by atoms with Gasteiger partial charge in [0.05, 0.1) is 40.9 Å². The first-order valence-electron chi connectivity index (χ1n) is 26.3. The number of ether oxygens (including phenoxy) is 2. The Morgan fingerprint density at radius 1 is 0.679 bits per heavy atom. The van der Waals surface area contributed by atoms with E-state index in [9.17, 15) is 37.9 Å². The van der Waals surface area contributed by atoms with E-state index in [0.29, 0.717) is 11.1 Å². The van der Waals surface area contributed by atoms with Gasteiger partial charge < -0.3 is 54.6 Å². The first kappa shape index (κ1) is 57.8. The molecule has 2 aromatic heterocycles. The molecule has 6 fully saturated rings. The second kappa shape index (κ2) is 24.0. The third-order valence-corrected chi connectivity index (χ3v) is 17.5. The molecule has 24 heteroatoms. The lowest BCUT2D eigenvalue weighted by Crippen LogP contribution is -2.54. The number of likely N-dealkylation sites (N-methyl/N-ethyl adjacent to an activating group) is 2. The third-order valence-electron chi connectivity index (χ3n) is 15.0. The van der Waals surface area contributed by atoms with Crippen molar-refractivity contribution in [1.29, 1.82) is 0 Å². The van der Waals surface area contributed by atoms with Gasteiger partial charge in [-0.25, -0.2) is 18.7 Å². The Labute approximate surface area is 471 Å². The fourth-order valence-corrected chi connectivity index (χ4v) is 13.2. The summed E-state index contributed by atoms with van der Waals surface area (Å²) in [5, 5.41) is 20.7. The lowest BCUT2D eigenvalue weighted by atomic mass is 9.98. The molecule has 0 bridgehead atoms. The molecule has 6 aliphatic rings. The third kappa shape index (κ3) is 13.5. The maximum absolute atomic E-state index is 14.7. The van der Waals surface area contributed by atoms with Crippen LogP contribution in [0.25, 0.3) is 22.5 Å². The highest BCUT2D eigenvalue weighted by Gasteiger charge is 2.54. The molecule has 9 atom stereocenters. The molecule has 0 saturated carbocycles. The number of nitrogens with one attached hydrogen (secondary N) is 2. The Morgan fingerprint density at radius 2 is 1.10 bits per heavy atom. The molecule has 18 nitrogen and oxygen atoms in total. The summed E-state index contributed by atoms with van der Waals surface area (Å²) in [6.07, 6.45) is -2.43. The van der Waals surface area contributed by atoms with Gasteiger partial charge in [0, 0.05) is 111 Å². The molecule has 8 heterocycles. The van der Waals surface area contributed by atoms with Crippen molar-refractivity contribution in [1.82, 2.24) is 40.2 Å². The van der Waals surface area contributed by atoms with Crippen molar-refractivity contribution >= 4 is 85.6 Å². The van der Waals surface area contributed by atoms with Crippen LogP contribution in [0.5, 0.6) is 0 Å². The zero-order valence-corrected chi connectivity index (χ0v) is 47.7. The van der Waals surface area contributed by atoms with Crippen molar-refractivity contribution < 1.29 is 47.3 Å². The van der Waals surface area contributed by atoms with Gasteiger partial charge in [0.15, 0.2) is 16.0 Å². The van der Waals surface area contributed by atoms with Crippen molar-refractivity contribution in [3.8, 4) is 22.5 Å². The Kier molecular flexibility index (Phi) is 17.8. The number of nitrogens with zero attached hydrogens (tertiary/aromatic N) is 8. The molecule has 422 valence electrons. The van der Waals surface area contributed by atoms with E-state index in [1.807, 2.05) is 35.0 Å². The zero-order valence-electron chi connectivity index (χ0n) is 44.6. The number of benzene rings is 2. The second-order valence-corrected chi connectivity index (χ2v) is 25.0. The van der Waals surface area contributed by atoms with E-state index in [0.717, 1.165) is 85.1 Å². The molecule has 2 aromatic carbocycles. The van der Waals surface area contributed by atoms with Crippen molar-refractivity contribution in [2.75, 3.05) is 103 Å². The number of aliphatic hydroxyl groups excluding tert-OH is 1. The summed E-state index contributed by atoms with van der Waals surface area (Å²) >= 11 is 15.9. The summed E-state index contributed by atoms with van der Waals surface area (Å²) in [5.74, 6) is -2.25. The van der Waals surface area contributed by atoms with E-state index < -0.39 is 88.2 Å². The number of piperazine rings is 2. The number of carbonyl (C=O) groups excluding carboxylic acids is 5. The van der Waals surface area contributed by atoms with Crippen LogP contribution in [0, 0.1) is 0 Å². The number of halogens is 4. The van der Waals surface area contributed by atoms with E-state index in [4.69, 9.17) is 42.6 Å². The zero-order chi connectivity index (χ0) is 55.8. The number of aliphatic hydroxyl groups is 1. The summed E-state index contributed by atoms with van der Waals surface area (Å²) in [7, 11) is 4.23. The van der Waals surface area contributed by atoms with Crippen LogP contribution in [0.4, 0.5) is 19.0 Å². The van der Waals surface area contributed by atoms with Gasteiger partial charge in [0.25, 0.3) is 11.8 Å². The maximum Gasteiger partial charge on any atom is 0.251 e. The molecule has 78 heavy (non-hydrogen) atoms. The molecular weight excluding hydrogens is 1090 g/mol. The minimum Gasteiger partial charge on any atom is -0.388 e. The fourth-order valence-electron chi connectivity index (χ4n) is 10.7. The normalized spacial score (nSPS) is 25.6. The summed E-state index contributed by atoms with van der Waals surface area (Å²) in [5.41, 5.74) is 0.649. The van der Waals surface area contributed by atoms with E-state index in [1.54, 1.807) is 46.9 Å². The Bertz CT molecular complexity index is 2780. The van der Waals surface area contributed by atoms with Crippen LogP contribution in [-0.4, -0.2) is 221 Å². The van der Waals surface area contributed by atoms with Crippen LogP contribution in [0.1, 0.15) is 61.3 Å². The minimum atomic E-state index is -1.74. The van der Waals surface area contributed by atoms with E-state index in [2.05, 4.69) is 44.3 Å². The standard InChI is InChI=1S/C27H35ClFN5O4S.C27H33ClFN5O4S/c2*1-27(2,29)12-19(25(37)34-13-18(28)23-22(34)21(35)14-38-23)30-24(36)17-6-4-16(5-7-17)20-15-39-26(31-20)33-10-8-32(3)9-11-33/h4-7,15,18-19,21-23,35H,8-14H2,1-3H3,(H,30,36);4-7,15,18-19,22-23H,8-14H2,1-3H3,(H,30,36)/t18-,19+,21+,22-,23-;18-,19+,22-,23-/m11/s1. The molecule has 0 radical (unpaired) electrons. The van der Waals surface area contributed by atoms with Crippen molar-refractivity contribution in [2.45, 2.75) is 105 Å². The predicted molar refractivity (Wildman–Crippen MR) is 297 cm³/mol. The fraction of sp³-hybridized carbons (Fsp3) is 0.574. The SMILES string of the molecule is CN1CCN(c2nc(-c3ccc(C(=O)N[C@@H](CC(C)(C)F)C(=O)N4C[C@@H](Cl)[C@H]5OCC(=O)[C@H]54)cc3)cs2)CC1.CN1CCN(c2nc(-c3ccc(C(=O)N[C@@H](CC(C)(C)F)C(=O)N4C[C@@H](Cl)[C@H]5OC[C@H](O)[C@H]54)cc3)cs2)CC1. The van der Waals surface area contributed by atoms with Gasteiger partial charge >= 0.3 is 0 Å². The summed E-state index contributed by atoms with van der Waals surface area (Å²) in [4.78, 5) is 87.2. The number of aromatic nitrogens is 2. The summed E-state index contributed by atoms with van der Waals surface area (Å²) in [6.45, 7) is 13.4. The quantitative estimate of drug-likeness (QED) is 0.144. The topological polar surface area (TPSA) is 193 Å². The molecule has 4 aromatic rings. The van der Waals surface area contributed by atoms with Gasteiger partial charge in [-0.05, 0) is 66.1 Å². The summed E-state index contributed by atoms with van der Waals surface area (Å²) in [6, 6.07) is 10.2. The highest BCUT2D eigenvalue weighted by molar-refractivity contribution is 7.14. The number of alkyl halides is 4. The first-order chi connectivity index (χ1) is 37.0. The van der Waals surface area contributed by atoms with Crippen molar-refractivity contribution in [3.63, 3.8) is 0 Å². The van der Waals surface area contributed by atoms with Crippen LogP contribution in [0.15, 0.2) is 59.3 Å². The lowest BCUT2D eigenvalue weighted by molar-refractivity contribution is -0.138. The summed E-state index contributed by atoms with van der Waals surface area (Å²) < 4.78 is 40.4. The first-order valence-corrected chi connectivity index (χ1v) is 28.9. The number of hydrogen-bond donors (Lipinski definition) is 3. The largest absolute Gasteiger partial charge is 0.388 e. The Morgan fingerprint density at radius 3 is 1.55 bits per heavy atom. The number of anilines is 2. The Balaban J connectivity index is 0.000000190. The number of likely N-dealkylation sites (tertiary alicyclic amines) is 2. The van der Waals surface area contributed by atoms with Gasteiger partial charge in [-0.1, -0.05) is 24.3 Å². The van der Waals surface area contributed by atoms with Crippen LogP contribution >= 0.6 is 45.9 Å². The smallest absolute Gasteiger partial charge is 0.251 e. The highest BCUT2D eigenvalue weighted by Crippen LogP contribution is 2.36. The number of ketones is 1. The van der Waals surface area contributed by atoms with Gasteiger partial charge in [-0.2, -0.15) is 0 Å². The van der Waals surface area contributed by atoms with Crippen molar-refractivity contribution in [2.24, 2.45) is 0 Å². The van der Waals surface area contributed by atoms with E-state index in [1.165, 1.54) is 37.5 Å². The molecule has 3 N–H and O–H groups in total. The van der Waals surface area contributed by atoms with Crippen LogP contribution in [0.2, 0.25) is 0 Å². The molecule has 0 aliphatic carbocycles. The van der Waals surface area contributed by atoms with Crippen LogP contribution in [-0.2, 0) is 23.9 Å². The number of Topliss-reactive ketones (excluding diaryl/α,β-unsaturated/α-hetero) is 1. The molecule has 6 aliphatic heterocycles. The number of hydrogen-bond acceptors (Lipinski definition) is 16. The maximum atomic E-state index is 14.7. The number of carbonyl (C=O) groups is 5. The average molecular weight is 1160 g/mol. The Hall–Kier alpha value is -4.91. The van der Waals surface area contributed by atoms with Gasteiger partial charge in [0.1, 0.15) is 48.3 Å². The number of thiazole rings is 2. The molecular formula is C54H68Cl2F2N10O8S2.